The van der Waals surface area contributed by atoms with Crippen LogP contribution in [0.2, 0.25) is 0 Å². The van der Waals surface area contributed by atoms with E-state index in [0.717, 1.165) is 0 Å². The van der Waals surface area contributed by atoms with Gasteiger partial charge in [0.15, 0.2) is 0 Å². The molecule has 316 valence electrons. The van der Waals surface area contributed by atoms with Gasteiger partial charge in [0, 0.05) is 25.5 Å². The fourth-order valence-corrected chi connectivity index (χ4v) is 8.84. The standard InChI is InChI=1S/C51H102N2/c1-4-7-10-13-16-19-22-25-27-28-29-31-34-37-40-43-46-51-52(47-44-41-38-35-32-24-21-18-15-12-9-6-3)49-50-53(51)48-45-42-39-36-33-30-26-23-20-17-14-11-8-5-2/h49-51H,4-48H2,1-3H3. The van der Waals surface area contributed by atoms with Crippen molar-refractivity contribution in [2.45, 2.75) is 303 Å². The fourth-order valence-electron chi connectivity index (χ4n) is 8.84. The van der Waals surface area contributed by atoms with Crippen LogP contribution in [0.3, 0.4) is 0 Å². The molecule has 2 heteroatoms. The van der Waals surface area contributed by atoms with Crippen molar-refractivity contribution in [2.75, 3.05) is 13.1 Å². The zero-order chi connectivity index (χ0) is 38.0. The van der Waals surface area contributed by atoms with Gasteiger partial charge in [-0.15, -0.1) is 0 Å². The van der Waals surface area contributed by atoms with Gasteiger partial charge in [-0.05, 0) is 25.7 Å². The van der Waals surface area contributed by atoms with E-state index in [-0.39, 0.29) is 0 Å². The van der Waals surface area contributed by atoms with Gasteiger partial charge >= 0.3 is 0 Å². The molecule has 0 aromatic rings. The van der Waals surface area contributed by atoms with Gasteiger partial charge in [-0.25, -0.2) is 0 Å². The highest BCUT2D eigenvalue weighted by molar-refractivity contribution is 4.97. The number of unbranched alkanes of at least 4 members (excludes halogenated alkanes) is 39. The van der Waals surface area contributed by atoms with E-state index in [1.807, 2.05) is 0 Å². The van der Waals surface area contributed by atoms with Crippen LogP contribution in [0, 0.1) is 0 Å². The van der Waals surface area contributed by atoms with Gasteiger partial charge in [-0.3, -0.25) is 0 Å². The summed E-state index contributed by atoms with van der Waals surface area (Å²) in [5.74, 6) is 0. The maximum Gasteiger partial charge on any atom is 0.101 e. The molecule has 0 aromatic heterocycles. The Morgan fingerprint density at radius 2 is 0.434 bits per heavy atom. The third-order valence-electron chi connectivity index (χ3n) is 12.6. The van der Waals surface area contributed by atoms with Crippen LogP contribution in [-0.4, -0.2) is 29.1 Å². The molecule has 0 bridgehead atoms. The number of rotatable bonds is 45. The van der Waals surface area contributed by atoms with Gasteiger partial charge in [-0.1, -0.05) is 271 Å². The first-order chi connectivity index (χ1) is 26.3. The van der Waals surface area contributed by atoms with E-state index < -0.39 is 0 Å². The second kappa shape index (κ2) is 42.5. The number of nitrogens with zero attached hydrogens (tertiary/aromatic N) is 2. The van der Waals surface area contributed by atoms with E-state index in [4.69, 9.17) is 0 Å². The third kappa shape index (κ3) is 34.3. The van der Waals surface area contributed by atoms with Crippen LogP contribution in [0.15, 0.2) is 12.4 Å². The largest absolute Gasteiger partial charge is 0.356 e. The van der Waals surface area contributed by atoms with E-state index in [0.29, 0.717) is 6.17 Å². The molecule has 2 nitrogen and oxygen atoms in total. The SMILES string of the molecule is CCCCCCCCCCCCCCCCCCC1N(CCCCCCCCCCCCCC)C=CN1CCCCCCCCCCCCCCCC. The van der Waals surface area contributed by atoms with E-state index in [9.17, 15) is 0 Å². The maximum atomic E-state index is 2.74. The van der Waals surface area contributed by atoms with Gasteiger partial charge in [0.2, 0.25) is 0 Å². The van der Waals surface area contributed by atoms with Crippen molar-refractivity contribution >= 4 is 0 Å². The van der Waals surface area contributed by atoms with E-state index in [2.05, 4.69) is 43.0 Å². The van der Waals surface area contributed by atoms with Crippen molar-refractivity contribution in [3.8, 4) is 0 Å². The molecule has 53 heavy (non-hydrogen) atoms. The van der Waals surface area contributed by atoms with Crippen LogP contribution < -0.4 is 0 Å². The average molecular weight is 743 g/mol. The van der Waals surface area contributed by atoms with Crippen molar-refractivity contribution < 1.29 is 0 Å². The van der Waals surface area contributed by atoms with Gasteiger partial charge in [-0.2, -0.15) is 0 Å². The summed E-state index contributed by atoms with van der Waals surface area (Å²) in [6.45, 7) is 9.49. The molecule has 1 atom stereocenters. The lowest BCUT2D eigenvalue weighted by molar-refractivity contribution is 0.135. The molecule has 0 saturated heterocycles. The van der Waals surface area contributed by atoms with Crippen molar-refractivity contribution in [3.63, 3.8) is 0 Å². The maximum absolute atomic E-state index is 2.74. The van der Waals surface area contributed by atoms with E-state index >= 15 is 0 Å². The lowest BCUT2D eigenvalue weighted by Crippen LogP contribution is -2.39. The van der Waals surface area contributed by atoms with E-state index in [1.54, 1.807) is 0 Å². The molecular formula is C51H102N2. The molecule has 0 radical (unpaired) electrons. The number of hydrogen-bond acceptors (Lipinski definition) is 2. The van der Waals surface area contributed by atoms with E-state index in [1.165, 1.54) is 289 Å². The Bertz CT molecular complexity index is 702. The summed E-state index contributed by atoms with van der Waals surface area (Å²) < 4.78 is 0. The minimum absolute atomic E-state index is 0.635. The van der Waals surface area contributed by atoms with Gasteiger partial charge in [0.25, 0.3) is 0 Å². The highest BCUT2D eigenvalue weighted by Gasteiger charge is 2.25. The first-order valence-corrected chi connectivity index (χ1v) is 25.5. The summed E-state index contributed by atoms with van der Waals surface area (Å²) in [5, 5.41) is 0. The summed E-state index contributed by atoms with van der Waals surface area (Å²) >= 11 is 0. The molecule has 0 aromatic carbocycles. The number of hydrogen-bond donors (Lipinski definition) is 0. The molecule has 0 amide bonds. The zero-order valence-electron chi connectivity index (χ0n) is 37.4. The summed E-state index contributed by atoms with van der Waals surface area (Å²) in [7, 11) is 0. The zero-order valence-corrected chi connectivity index (χ0v) is 37.4. The minimum atomic E-state index is 0.635. The Labute approximate surface area is 337 Å². The lowest BCUT2D eigenvalue weighted by Gasteiger charge is -2.33. The summed E-state index contributed by atoms with van der Waals surface area (Å²) in [6, 6.07) is 0. The second-order valence-electron chi connectivity index (χ2n) is 17.8. The molecular weight excluding hydrogens is 641 g/mol. The van der Waals surface area contributed by atoms with Crippen LogP contribution in [0.5, 0.6) is 0 Å². The van der Waals surface area contributed by atoms with Crippen molar-refractivity contribution in [1.29, 1.82) is 0 Å². The van der Waals surface area contributed by atoms with Crippen LogP contribution in [0.1, 0.15) is 297 Å². The highest BCUT2D eigenvalue weighted by atomic mass is 15.4. The topological polar surface area (TPSA) is 6.48 Å². The predicted octanol–water partition coefficient (Wildman–Crippen LogP) is 18.2. The van der Waals surface area contributed by atoms with Crippen LogP contribution in [0.4, 0.5) is 0 Å². The van der Waals surface area contributed by atoms with Gasteiger partial charge in [0.1, 0.15) is 6.17 Å². The monoisotopic (exact) mass is 743 g/mol. The van der Waals surface area contributed by atoms with Crippen LogP contribution >= 0.6 is 0 Å². The van der Waals surface area contributed by atoms with Crippen LogP contribution in [0.25, 0.3) is 0 Å². The van der Waals surface area contributed by atoms with Crippen molar-refractivity contribution in [3.05, 3.63) is 12.4 Å². The second-order valence-corrected chi connectivity index (χ2v) is 17.8. The quantitative estimate of drug-likeness (QED) is 0.0573. The van der Waals surface area contributed by atoms with Crippen molar-refractivity contribution in [2.24, 2.45) is 0 Å². The first kappa shape index (κ1) is 50.4. The average Bonchev–Trinajstić information content (AvgIpc) is 3.55. The van der Waals surface area contributed by atoms with Crippen LogP contribution in [-0.2, 0) is 0 Å². The predicted molar refractivity (Wildman–Crippen MR) is 242 cm³/mol. The Balaban J connectivity index is 2.20. The Kier molecular flexibility index (Phi) is 40.4. The molecule has 1 unspecified atom stereocenters. The molecule has 1 heterocycles. The summed E-state index contributed by atoms with van der Waals surface area (Å²) in [4.78, 5) is 5.48. The summed E-state index contributed by atoms with van der Waals surface area (Å²) in [6.07, 6.45) is 67.9. The molecule has 0 N–H and O–H groups in total. The first-order valence-electron chi connectivity index (χ1n) is 25.5. The lowest BCUT2D eigenvalue weighted by atomic mass is 10.0. The van der Waals surface area contributed by atoms with Crippen molar-refractivity contribution in [1.82, 2.24) is 9.80 Å². The fraction of sp³-hybridized carbons (Fsp3) is 0.961. The Morgan fingerprint density at radius 1 is 0.245 bits per heavy atom. The normalized spacial score (nSPS) is 14.4. The molecule has 0 fully saturated rings. The third-order valence-corrected chi connectivity index (χ3v) is 12.6. The van der Waals surface area contributed by atoms with Gasteiger partial charge in [0.05, 0.1) is 0 Å². The Hall–Kier alpha value is -0.660. The van der Waals surface area contributed by atoms with Gasteiger partial charge < -0.3 is 9.80 Å². The smallest absolute Gasteiger partial charge is 0.101 e. The molecule has 1 aliphatic rings. The molecule has 0 spiro atoms. The minimum Gasteiger partial charge on any atom is -0.356 e. The molecule has 0 aliphatic carbocycles. The summed E-state index contributed by atoms with van der Waals surface area (Å²) in [5.41, 5.74) is 0. The molecule has 0 saturated carbocycles. The Morgan fingerprint density at radius 3 is 0.660 bits per heavy atom. The molecule has 1 aliphatic heterocycles. The highest BCUT2D eigenvalue weighted by Crippen LogP contribution is 2.24. The molecule has 1 rings (SSSR count).